The minimum atomic E-state index is -4.78. The minimum absolute atomic E-state index is 0. The van der Waals surface area contributed by atoms with E-state index < -0.39 is 28.8 Å². The molecule has 12 heteroatoms. The van der Waals surface area contributed by atoms with Crippen molar-refractivity contribution >= 4 is 23.3 Å². The lowest BCUT2D eigenvalue weighted by Gasteiger charge is -2.18. The summed E-state index contributed by atoms with van der Waals surface area (Å²) in [6, 6.07) is 7.70. The van der Waals surface area contributed by atoms with Crippen LogP contribution in [0.4, 0.5) is 22.0 Å². The van der Waals surface area contributed by atoms with E-state index in [-0.39, 0.29) is 68.6 Å². The summed E-state index contributed by atoms with van der Waals surface area (Å²) in [6.07, 6.45) is -4.22. The molecule has 1 N–H and O–H groups in total. The molecule has 0 bridgehead atoms. The van der Waals surface area contributed by atoms with Gasteiger partial charge in [0.1, 0.15) is 23.1 Å². The first kappa shape index (κ1) is 27.4. The molecule has 0 aliphatic carbocycles. The lowest BCUT2D eigenvalue weighted by Crippen LogP contribution is -2.12. The van der Waals surface area contributed by atoms with Gasteiger partial charge in [0.05, 0.1) is 34.8 Å². The van der Waals surface area contributed by atoms with Gasteiger partial charge in [0, 0.05) is 17.8 Å². The number of halogens is 6. The van der Waals surface area contributed by atoms with Crippen molar-refractivity contribution in [3.8, 4) is 34.7 Å². The van der Waals surface area contributed by atoms with Gasteiger partial charge in [0.15, 0.2) is 17.1 Å². The smallest absolute Gasteiger partial charge is 0.418 e. The molecule has 0 fully saturated rings. The summed E-state index contributed by atoms with van der Waals surface area (Å²) < 4.78 is 79.4. The van der Waals surface area contributed by atoms with Crippen molar-refractivity contribution in [2.24, 2.45) is 0 Å². The number of fused-ring (bicyclic) bond motifs is 1. The number of aromatic amines is 1. The number of hydrogen-bond acceptors (Lipinski definition) is 5. The number of nitrogens with zero attached hydrogens (tertiary/aromatic N) is 2. The van der Waals surface area contributed by atoms with Crippen molar-refractivity contribution in [3.05, 3.63) is 80.6 Å². The zero-order chi connectivity index (χ0) is 26.4. The molecule has 0 aliphatic rings. The number of hydrogen-bond donors (Lipinski definition) is 1. The summed E-state index contributed by atoms with van der Waals surface area (Å²) in [5.74, 6) is -2.72. The Labute approximate surface area is 212 Å². The third-order valence-electron chi connectivity index (χ3n) is 5.66. The second-order valence-corrected chi connectivity index (χ2v) is 7.79. The number of benzene rings is 2. The first-order valence-corrected chi connectivity index (χ1v) is 10.3. The van der Waals surface area contributed by atoms with Gasteiger partial charge in [-0.1, -0.05) is 0 Å². The first-order chi connectivity index (χ1) is 17.0. The van der Waals surface area contributed by atoms with Gasteiger partial charge in [0.2, 0.25) is 5.88 Å². The van der Waals surface area contributed by atoms with Crippen LogP contribution in [0.2, 0.25) is 0 Å². The zero-order valence-corrected chi connectivity index (χ0v) is 20.2. The topological polar surface area (TPSA) is 88.0 Å². The Morgan fingerprint density at radius 1 is 1.05 bits per heavy atom. The van der Waals surface area contributed by atoms with E-state index in [2.05, 4.69) is 9.97 Å². The standard InChI is InChI=1S/C25H16F5N3O3.ClH/c1-11-14(25(28,29)30)10-32-24(36-19-6-4-15(26)23(27)12(19)2)21(11)17-8-18(34)22-13(9-31)20(35-3)7-5-16(22)33-17;/h4-8,10H,1-3H3,(H,33,34);1H. The predicted octanol–water partition coefficient (Wildman–Crippen LogP) is 6.60. The van der Waals surface area contributed by atoms with Gasteiger partial charge >= 0.3 is 6.18 Å². The Kier molecular flexibility index (Phi) is 7.46. The number of H-pyrrole nitrogens is 1. The summed E-state index contributed by atoms with van der Waals surface area (Å²) in [5, 5.41) is 9.49. The molecule has 2 aromatic carbocycles. The lowest BCUT2D eigenvalue weighted by atomic mass is 10.00. The fourth-order valence-electron chi connectivity index (χ4n) is 3.85. The molecule has 2 aromatic heterocycles. The van der Waals surface area contributed by atoms with Crippen molar-refractivity contribution < 1.29 is 31.4 Å². The summed E-state index contributed by atoms with van der Waals surface area (Å²) in [4.78, 5) is 19.7. The number of alkyl halides is 3. The maximum absolute atomic E-state index is 14.1. The number of nitriles is 1. The van der Waals surface area contributed by atoms with Gasteiger partial charge < -0.3 is 14.5 Å². The average Bonchev–Trinajstić information content (AvgIpc) is 2.82. The van der Waals surface area contributed by atoms with E-state index in [4.69, 9.17) is 9.47 Å². The molecule has 0 unspecified atom stereocenters. The van der Waals surface area contributed by atoms with Crippen molar-refractivity contribution in [2.45, 2.75) is 20.0 Å². The molecule has 192 valence electrons. The number of pyridine rings is 2. The third kappa shape index (κ3) is 4.80. The van der Waals surface area contributed by atoms with Crippen LogP contribution in [0.3, 0.4) is 0 Å². The molecule has 37 heavy (non-hydrogen) atoms. The molecule has 0 spiro atoms. The number of rotatable bonds is 4. The molecule has 4 rings (SSSR count). The van der Waals surface area contributed by atoms with E-state index in [0.717, 1.165) is 18.2 Å². The van der Waals surface area contributed by atoms with E-state index in [1.165, 1.54) is 33.1 Å². The van der Waals surface area contributed by atoms with Crippen LogP contribution in [0.25, 0.3) is 22.2 Å². The van der Waals surface area contributed by atoms with Gasteiger partial charge in [-0.15, -0.1) is 12.4 Å². The first-order valence-electron chi connectivity index (χ1n) is 10.3. The van der Waals surface area contributed by atoms with Crippen LogP contribution in [-0.4, -0.2) is 17.1 Å². The fourth-order valence-corrected chi connectivity index (χ4v) is 3.85. The largest absolute Gasteiger partial charge is 0.495 e. The number of methoxy groups -OCH3 is 1. The van der Waals surface area contributed by atoms with Crippen molar-refractivity contribution in [2.75, 3.05) is 7.11 Å². The Balaban J connectivity index is 0.00000380. The van der Waals surface area contributed by atoms with Crippen LogP contribution in [-0.2, 0) is 6.18 Å². The van der Waals surface area contributed by atoms with Crippen LogP contribution in [0, 0.1) is 36.8 Å². The summed E-state index contributed by atoms with van der Waals surface area (Å²) in [6.45, 7) is 2.40. The van der Waals surface area contributed by atoms with Crippen LogP contribution in [0.1, 0.15) is 22.3 Å². The highest BCUT2D eigenvalue weighted by Gasteiger charge is 2.35. The van der Waals surface area contributed by atoms with E-state index in [1.807, 2.05) is 6.07 Å². The van der Waals surface area contributed by atoms with Crippen LogP contribution in [0.15, 0.2) is 41.3 Å². The Morgan fingerprint density at radius 2 is 1.73 bits per heavy atom. The molecular weight excluding hydrogens is 521 g/mol. The summed E-state index contributed by atoms with van der Waals surface area (Å²) >= 11 is 0. The molecule has 0 amide bonds. The fraction of sp³-hybridized carbons (Fsp3) is 0.160. The molecule has 0 saturated heterocycles. The quantitative estimate of drug-likeness (QED) is 0.296. The van der Waals surface area contributed by atoms with Crippen LogP contribution >= 0.6 is 12.4 Å². The molecular formula is C25H17ClF5N3O3. The zero-order valence-electron chi connectivity index (χ0n) is 19.4. The summed E-state index contributed by atoms with van der Waals surface area (Å²) in [7, 11) is 1.33. The van der Waals surface area contributed by atoms with E-state index in [0.29, 0.717) is 6.20 Å². The average molecular weight is 538 g/mol. The van der Waals surface area contributed by atoms with Crippen molar-refractivity contribution in [1.82, 2.24) is 9.97 Å². The Bertz CT molecular complexity index is 1630. The lowest BCUT2D eigenvalue weighted by molar-refractivity contribution is -0.138. The third-order valence-corrected chi connectivity index (χ3v) is 5.66. The van der Waals surface area contributed by atoms with Gasteiger partial charge in [0.25, 0.3) is 0 Å². The maximum atomic E-state index is 14.1. The molecule has 2 heterocycles. The highest BCUT2D eigenvalue weighted by atomic mass is 35.5. The van der Waals surface area contributed by atoms with E-state index in [9.17, 15) is 32.0 Å². The summed E-state index contributed by atoms with van der Waals surface area (Å²) in [5.41, 5.74) is -2.50. The van der Waals surface area contributed by atoms with Crippen LogP contribution in [0.5, 0.6) is 17.4 Å². The van der Waals surface area contributed by atoms with Gasteiger partial charge in [-0.3, -0.25) is 4.79 Å². The number of ether oxygens (including phenoxy) is 2. The Morgan fingerprint density at radius 3 is 2.35 bits per heavy atom. The molecule has 6 nitrogen and oxygen atoms in total. The van der Waals surface area contributed by atoms with Gasteiger partial charge in [-0.25, -0.2) is 13.8 Å². The number of nitrogens with one attached hydrogen (secondary N) is 1. The second kappa shape index (κ2) is 10.1. The van der Waals surface area contributed by atoms with Gasteiger partial charge in [-0.2, -0.15) is 18.4 Å². The Hall–Kier alpha value is -4.17. The predicted molar refractivity (Wildman–Crippen MR) is 127 cm³/mol. The van der Waals surface area contributed by atoms with Crippen molar-refractivity contribution in [3.63, 3.8) is 0 Å². The molecule has 0 saturated carbocycles. The van der Waals surface area contributed by atoms with Crippen LogP contribution < -0.4 is 14.9 Å². The van der Waals surface area contributed by atoms with E-state index >= 15 is 0 Å². The maximum Gasteiger partial charge on any atom is 0.418 e. The van der Waals surface area contributed by atoms with Crippen molar-refractivity contribution in [1.29, 1.82) is 5.26 Å². The highest BCUT2D eigenvalue weighted by molar-refractivity contribution is 5.89. The molecule has 4 aromatic rings. The SMILES string of the molecule is COc1ccc2[nH]c(-c3c(Oc4ccc(F)c(F)c4C)ncc(C(F)(F)F)c3C)cc(=O)c2c1C#N.Cl. The highest BCUT2D eigenvalue weighted by Crippen LogP contribution is 2.41. The molecule has 0 atom stereocenters. The monoisotopic (exact) mass is 537 g/mol. The minimum Gasteiger partial charge on any atom is -0.495 e. The molecule has 0 aliphatic heterocycles. The van der Waals surface area contributed by atoms with Gasteiger partial charge in [-0.05, 0) is 43.7 Å². The number of aromatic nitrogens is 2. The second-order valence-electron chi connectivity index (χ2n) is 7.79. The molecule has 0 radical (unpaired) electrons. The van der Waals surface area contributed by atoms with E-state index in [1.54, 1.807) is 0 Å². The normalized spacial score (nSPS) is 11.1.